The van der Waals surface area contributed by atoms with E-state index in [4.69, 9.17) is 16.3 Å². The number of hydrogen-bond donors (Lipinski definition) is 5. The van der Waals surface area contributed by atoms with Crippen molar-refractivity contribution in [3.63, 3.8) is 0 Å². The second-order valence-corrected chi connectivity index (χ2v) is 9.04. The minimum absolute atomic E-state index is 0.0516. The predicted molar refractivity (Wildman–Crippen MR) is 125 cm³/mol. The molecule has 1 amide bonds. The van der Waals surface area contributed by atoms with E-state index in [0.29, 0.717) is 16.8 Å². The lowest BCUT2D eigenvalue weighted by atomic mass is 10.0. The summed E-state index contributed by atoms with van der Waals surface area (Å²) in [4.78, 5) is 15.4. The maximum absolute atomic E-state index is 14.4. The number of anilines is 1. The Labute approximate surface area is 189 Å². The van der Waals surface area contributed by atoms with Crippen LogP contribution in [0.2, 0.25) is 0 Å². The van der Waals surface area contributed by atoms with Crippen LogP contribution in [0.5, 0.6) is 0 Å². The van der Waals surface area contributed by atoms with Gasteiger partial charge in [0, 0.05) is 33.9 Å². The second kappa shape index (κ2) is 8.49. The normalized spacial score (nSPS) is 11.5. The fourth-order valence-corrected chi connectivity index (χ4v) is 4.04. The summed E-state index contributed by atoms with van der Waals surface area (Å²) in [6, 6.07) is 15.3. The van der Waals surface area contributed by atoms with Crippen LogP contribution in [0.1, 0.15) is 11.1 Å². The van der Waals surface area contributed by atoms with Gasteiger partial charge in [0.25, 0.3) is 0 Å². The molecule has 7 N–H and O–H groups in total. The quantitative estimate of drug-likeness (QED) is 0.219. The van der Waals surface area contributed by atoms with E-state index in [1.807, 2.05) is 0 Å². The Morgan fingerprint density at radius 2 is 1.79 bits per heavy atom. The average molecular weight is 466 g/mol. The maximum Gasteiger partial charge on any atom is 0.238 e. The molecule has 0 unspecified atom stereocenters. The maximum atomic E-state index is 14.4. The summed E-state index contributed by atoms with van der Waals surface area (Å²) in [6.07, 6.45) is 1.85. The lowest BCUT2D eigenvalue weighted by molar-refractivity contribution is -0.115. The number of rotatable bonds is 6. The molecule has 4 aromatic rings. The number of carbonyl (C=O) groups excluding carboxylic acids is 1. The highest BCUT2D eigenvalue weighted by atomic mass is 32.2. The minimum Gasteiger partial charge on any atom is -0.384 e. The standard InChI is InChI=1S/C23H20FN5O3S/c24-20-11-17(33(27,31)32)6-7-18(20)13-1-4-16(5-2-13)29-22(30)10-15-12-28-21-8-3-14(23(25)26)9-19(15)21/h1-9,11-12,28H,10H2,(H3,25,26)(H,29,30)(H2,27,31,32). The number of nitrogen functional groups attached to an aromatic ring is 1. The van der Waals surface area contributed by atoms with Gasteiger partial charge >= 0.3 is 0 Å². The molecule has 8 nitrogen and oxygen atoms in total. The van der Waals surface area contributed by atoms with Crippen LogP contribution in [0.4, 0.5) is 10.1 Å². The van der Waals surface area contributed by atoms with Gasteiger partial charge in [-0.3, -0.25) is 10.2 Å². The molecule has 1 heterocycles. The summed E-state index contributed by atoms with van der Waals surface area (Å²) in [7, 11) is -3.99. The highest BCUT2D eigenvalue weighted by molar-refractivity contribution is 7.89. The van der Waals surface area contributed by atoms with Gasteiger partial charge in [-0.1, -0.05) is 18.2 Å². The number of aromatic amines is 1. The lowest BCUT2D eigenvalue weighted by Gasteiger charge is -2.08. The van der Waals surface area contributed by atoms with Gasteiger partial charge in [-0.2, -0.15) is 0 Å². The Morgan fingerprint density at radius 3 is 2.42 bits per heavy atom. The van der Waals surface area contributed by atoms with Gasteiger partial charge in [0.2, 0.25) is 15.9 Å². The number of fused-ring (bicyclic) bond motifs is 1. The fraction of sp³-hybridized carbons (Fsp3) is 0.0435. The number of H-pyrrole nitrogens is 1. The first-order valence-electron chi connectivity index (χ1n) is 9.79. The van der Waals surface area contributed by atoms with Crippen molar-refractivity contribution < 1.29 is 17.6 Å². The SMILES string of the molecule is N=C(N)c1ccc2[nH]cc(CC(=O)Nc3ccc(-c4ccc(S(N)(=O)=O)cc4F)cc3)c2c1. The molecule has 33 heavy (non-hydrogen) atoms. The second-order valence-electron chi connectivity index (χ2n) is 7.48. The Hall–Kier alpha value is -4.02. The third-order valence-corrected chi connectivity index (χ3v) is 6.09. The number of primary sulfonamides is 1. The molecule has 0 spiro atoms. The fourth-order valence-electron chi connectivity index (χ4n) is 3.51. The Balaban J connectivity index is 1.49. The van der Waals surface area contributed by atoms with E-state index in [1.165, 1.54) is 12.1 Å². The van der Waals surface area contributed by atoms with Crippen LogP contribution in [0.15, 0.2) is 71.8 Å². The molecule has 0 fully saturated rings. The van der Waals surface area contributed by atoms with E-state index < -0.39 is 15.8 Å². The predicted octanol–water partition coefficient (Wildman–Crippen LogP) is 3.09. The summed E-state index contributed by atoms with van der Waals surface area (Å²) in [6.45, 7) is 0. The molecule has 0 saturated carbocycles. The summed E-state index contributed by atoms with van der Waals surface area (Å²) < 4.78 is 37.1. The number of aromatic nitrogens is 1. The Morgan fingerprint density at radius 1 is 1.06 bits per heavy atom. The molecule has 0 aliphatic carbocycles. The average Bonchev–Trinajstić information content (AvgIpc) is 3.15. The van der Waals surface area contributed by atoms with Crippen molar-refractivity contribution >= 4 is 38.4 Å². The number of halogens is 1. The molecule has 0 atom stereocenters. The molecular formula is C23H20FN5O3S. The molecule has 0 aliphatic heterocycles. The molecule has 10 heteroatoms. The largest absolute Gasteiger partial charge is 0.384 e. The van der Waals surface area contributed by atoms with Crippen molar-refractivity contribution in [1.29, 1.82) is 5.41 Å². The van der Waals surface area contributed by atoms with Crippen LogP contribution >= 0.6 is 0 Å². The van der Waals surface area contributed by atoms with Crippen molar-refractivity contribution in [2.24, 2.45) is 10.9 Å². The highest BCUT2D eigenvalue weighted by Gasteiger charge is 2.14. The summed E-state index contributed by atoms with van der Waals surface area (Å²) >= 11 is 0. The zero-order chi connectivity index (χ0) is 23.8. The first-order valence-corrected chi connectivity index (χ1v) is 11.3. The molecule has 0 aliphatic rings. The molecule has 1 aromatic heterocycles. The minimum atomic E-state index is -3.99. The molecule has 0 saturated heterocycles. The van der Waals surface area contributed by atoms with Crippen molar-refractivity contribution in [1.82, 2.24) is 4.98 Å². The first kappa shape index (κ1) is 22.2. The summed E-state index contributed by atoms with van der Waals surface area (Å²) in [5.41, 5.74) is 8.97. The van der Waals surface area contributed by atoms with Gasteiger partial charge in [0.05, 0.1) is 11.3 Å². The molecule has 168 valence electrons. The van der Waals surface area contributed by atoms with Crippen LogP contribution < -0.4 is 16.2 Å². The van der Waals surface area contributed by atoms with Crippen LogP contribution in [-0.2, 0) is 21.2 Å². The number of nitrogens with two attached hydrogens (primary N) is 2. The molecule has 4 rings (SSSR count). The van der Waals surface area contributed by atoms with E-state index in [1.54, 1.807) is 48.7 Å². The zero-order valence-electron chi connectivity index (χ0n) is 17.2. The lowest BCUT2D eigenvalue weighted by Crippen LogP contribution is -2.14. The number of benzene rings is 3. The van der Waals surface area contributed by atoms with Gasteiger partial charge in [-0.15, -0.1) is 0 Å². The summed E-state index contributed by atoms with van der Waals surface area (Å²) in [5, 5.41) is 16.2. The number of nitrogens with one attached hydrogen (secondary N) is 3. The molecular weight excluding hydrogens is 445 g/mol. The van der Waals surface area contributed by atoms with Gasteiger partial charge < -0.3 is 16.0 Å². The number of amidine groups is 1. The number of carbonyl (C=O) groups is 1. The van der Waals surface area contributed by atoms with E-state index in [2.05, 4.69) is 10.3 Å². The summed E-state index contributed by atoms with van der Waals surface area (Å²) in [5.74, 6) is -1.02. The van der Waals surface area contributed by atoms with Crippen LogP contribution in [0.25, 0.3) is 22.0 Å². The van der Waals surface area contributed by atoms with Crippen LogP contribution in [-0.4, -0.2) is 25.1 Å². The molecule has 0 bridgehead atoms. The number of sulfonamides is 1. The van der Waals surface area contributed by atoms with Crippen molar-refractivity contribution in [3.8, 4) is 11.1 Å². The highest BCUT2D eigenvalue weighted by Crippen LogP contribution is 2.26. The number of hydrogen-bond acceptors (Lipinski definition) is 4. The molecule has 0 radical (unpaired) electrons. The third kappa shape index (κ3) is 4.76. The van der Waals surface area contributed by atoms with E-state index in [0.717, 1.165) is 22.5 Å². The van der Waals surface area contributed by atoms with E-state index in [9.17, 15) is 17.6 Å². The van der Waals surface area contributed by atoms with Crippen molar-refractivity contribution in [2.75, 3.05) is 5.32 Å². The Bertz CT molecular complexity index is 1490. The smallest absolute Gasteiger partial charge is 0.238 e. The van der Waals surface area contributed by atoms with Gasteiger partial charge in [-0.25, -0.2) is 17.9 Å². The number of amides is 1. The van der Waals surface area contributed by atoms with Crippen molar-refractivity contribution in [2.45, 2.75) is 11.3 Å². The Kier molecular flexibility index (Phi) is 5.71. The monoisotopic (exact) mass is 465 g/mol. The topological polar surface area (TPSA) is 155 Å². The molecule has 3 aromatic carbocycles. The van der Waals surface area contributed by atoms with Crippen LogP contribution in [0.3, 0.4) is 0 Å². The first-order chi connectivity index (χ1) is 15.6. The zero-order valence-corrected chi connectivity index (χ0v) is 18.0. The third-order valence-electron chi connectivity index (χ3n) is 5.18. The van der Waals surface area contributed by atoms with Gasteiger partial charge in [-0.05, 0) is 53.6 Å². The van der Waals surface area contributed by atoms with E-state index in [-0.39, 0.29) is 28.6 Å². The van der Waals surface area contributed by atoms with Crippen LogP contribution in [0, 0.1) is 11.2 Å². The van der Waals surface area contributed by atoms with Gasteiger partial charge in [0.1, 0.15) is 11.7 Å². The van der Waals surface area contributed by atoms with Crippen molar-refractivity contribution in [3.05, 3.63) is 83.8 Å². The van der Waals surface area contributed by atoms with Gasteiger partial charge in [0.15, 0.2) is 0 Å². The van der Waals surface area contributed by atoms with E-state index >= 15 is 0 Å².